The van der Waals surface area contributed by atoms with E-state index in [1.165, 1.54) is 18.2 Å². The number of nitrogens with two attached hydrogens (primary N) is 2. The van der Waals surface area contributed by atoms with E-state index in [0.717, 1.165) is 6.92 Å². The van der Waals surface area contributed by atoms with Crippen molar-refractivity contribution < 1.29 is 14.3 Å². The molecule has 0 aliphatic heterocycles. The van der Waals surface area contributed by atoms with E-state index in [9.17, 15) is 9.59 Å². The van der Waals surface area contributed by atoms with Crippen molar-refractivity contribution in [1.82, 2.24) is 0 Å². The Hall–Kier alpha value is -2.04. The summed E-state index contributed by atoms with van der Waals surface area (Å²) in [7, 11) is 0. The van der Waals surface area contributed by atoms with Crippen molar-refractivity contribution >= 4 is 23.3 Å². The van der Waals surface area contributed by atoms with Gasteiger partial charge in [0.2, 0.25) is 0 Å². The molecule has 0 atom stereocenters. The van der Waals surface area contributed by atoms with E-state index in [1.807, 2.05) is 0 Å². The summed E-state index contributed by atoms with van der Waals surface area (Å²) in [4.78, 5) is 21.7. The van der Waals surface area contributed by atoms with Gasteiger partial charge in [-0.2, -0.15) is 0 Å². The lowest BCUT2D eigenvalue weighted by Crippen LogP contribution is -2.10. The van der Waals surface area contributed by atoms with E-state index in [0.29, 0.717) is 11.4 Å². The first-order valence-corrected chi connectivity index (χ1v) is 3.88. The van der Waals surface area contributed by atoms with Crippen LogP contribution in [0.1, 0.15) is 17.3 Å². The standard InChI is InChI=1S/C9H10N2O3/c1-5(12)14-9(13)6-2-7(10)4-8(11)3-6/h2-4H,10-11H2,1H3. The maximum absolute atomic E-state index is 11.2. The summed E-state index contributed by atoms with van der Waals surface area (Å²) in [6.45, 7) is 1.15. The number of rotatable bonds is 1. The molecule has 5 heteroatoms. The minimum atomic E-state index is -0.753. The van der Waals surface area contributed by atoms with Crippen LogP contribution >= 0.6 is 0 Å². The van der Waals surface area contributed by atoms with Crippen LogP contribution in [-0.4, -0.2) is 11.9 Å². The van der Waals surface area contributed by atoms with Crippen LogP contribution in [-0.2, 0) is 9.53 Å². The first-order valence-electron chi connectivity index (χ1n) is 3.88. The zero-order chi connectivity index (χ0) is 10.7. The van der Waals surface area contributed by atoms with Crippen LogP contribution in [0.4, 0.5) is 11.4 Å². The second-order valence-electron chi connectivity index (χ2n) is 2.77. The van der Waals surface area contributed by atoms with Crippen molar-refractivity contribution in [3.05, 3.63) is 23.8 Å². The summed E-state index contributed by atoms with van der Waals surface area (Å²) in [6, 6.07) is 4.29. The maximum Gasteiger partial charge on any atom is 0.345 e. The van der Waals surface area contributed by atoms with Crippen molar-refractivity contribution in [3.63, 3.8) is 0 Å². The smallest absolute Gasteiger partial charge is 0.345 e. The molecule has 74 valence electrons. The Kier molecular flexibility index (Phi) is 2.71. The Morgan fingerprint density at radius 3 is 2.07 bits per heavy atom. The van der Waals surface area contributed by atoms with Crippen molar-refractivity contribution in [1.29, 1.82) is 0 Å². The quantitative estimate of drug-likeness (QED) is 0.386. The topological polar surface area (TPSA) is 95.4 Å². The first-order chi connectivity index (χ1) is 6.49. The summed E-state index contributed by atoms with van der Waals surface area (Å²) >= 11 is 0. The van der Waals surface area contributed by atoms with Gasteiger partial charge in [0, 0.05) is 18.3 Å². The number of nitrogen functional groups attached to an aromatic ring is 2. The van der Waals surface area contributed by atoms with Crippen LogP contribution in [0.15, 0.2) is 18.2 Å². The molecule has 0 amide bonds. The average Bonchev–Trinajstić information content (AvgIpc) is 2.00. The molecule has 0 unspecified atom stereocenters. The predicted octanol–water partition coefficient (Wildman–Crippen LogP) is 0.554. The molecule has 0 radical (unpaired) electrons. The molecule has 1 aromatic carbocycles. The van der Waals surface area contributed by atoms with Crippen molar-refractivity contribution in [2.75, 3.05) is 11.5 Å². The Morgan fingerprint density at radius 2 is 1.64 bits per heavy atom. The van der Waals surface area contributed by atoms with Crippen LogP contribution < -0.4 is 11.5 Å². The fourth-order valence-corrected chi connectivity index (χ4v) is 0.984. The van der Waals surface area contributed by atoms with Gasteiger partial charge in [-0.1, -0.05) is 0 Å². The number of hydrogen-bond donors (Lipinski definition) is 2. The van der Waals surface area contributed by atoms with Gasteiger partial charge in [-0.15, -0.1) is 0 Å². The molecule has 0 aliphatic rings. The summed E-state index contributed by atoms with van der Waals surface area (Å²) in [5, 5.41) is 0. The normalized spacial score (nSPS) is 9.50. The molecule has 0 aromatic heterocycles. The minimum absolute atomic E-state index is 0.165. The highest BCUT2D eigenvalue weighted by atomic mass is 16.6. The van der Waals surface area contributed by atoms with E-state index in [2.05, 4.69) is 4.74 Å². The molecule has 0 fully saturated rings. The molecule has 0 saturated heterocycles. The number of esters is 2. The van der Waals surface area contributed by atoms with Gasteiger partial charge in [0.05, 0.1) is 5.56 Å². The zero-order valence-electron chi connectivity index (χ0n) is 7.61. The molecule has 1 aromatic rings. The fourth-order valence-electron chi connectivity index (χ4n) is 0.984. The fraction of sp³-hybridized carbons (Fsp3) is 0.111. The van der Waals surface area contributed by atoms with Gasteiger partial charge in [-0.3, -0.25) is 4.79 Å². The highest BCUT2D eigenvalue weighted by Crippen LogP contribution is 2.14. The van der Waals surface area contributed by atoms with Crippen LogP contribution in [0, 0.1) is 0 Å². The second kappa shape index (κ2) is 3.78. The van der Waals surface area contributed by atoms with Gasteiger partial charge >= 0.3 is 11.9 Å². The highest BCUT2D eigenvalue weighted by molar-refractivity contribution is 5.97. The molecule has 0 heterocycles. The number of carbonyl (C=O) groups excluding carboxylic acids is 2. The summed E-state index contributed by atoms with van der Waals surface area (Å²) in [5.74, 6) is -1.42. The Balaban J connectivity index is 2.95. The van der Waals surface area contributed by atoms with Gasteiger partial charge in [0.15, 0.2) is 0 Å². The minimum Gasteiger partial charge on any atom is -0.399 e. The molecule has 4 N–H and O–H groups in total. The third-order valence-electron chi connectivity index (χ3n) is 1.45. The molecule has 5 nitrogen and oxygen atoms in total. The van der Waals surface area contributed by atoms with Crippen LogP contribution in [0.3, 0.4) is 0 Å². The first kappa shape index (κ1) is 10.0. The lowest BCUT2D eigenvalue weighted by molar-refractivity contribution is -0.135. The molecule has 0 saturated carbocycles. The van der Waals surface area contributed by atoms with Gasteiger partial charge < -0.3 is 16.2 Å². The Bertz CT molecular complexity index is 367. The second-order valence-corrected chi connectivity index (χ2v) is 2.77. The van der Waals surface area contributed by atoms with E-state index < -0.39 is 11.9 Å². The van der Waals surface area contributed by atoms with E-state index >= 15 is 0 Å². The van der Waals surface area contributed by atoms with Crippen molar-refractivity contribution in [3.8, 4) is 0 Å². The monoisotopic (exact) mass is 194 g/mol. The zero-order valence-corrected chi connectivity index (χ0v) is 7.61. The van der Waals surface area contributed by atoms with Gasteiger partial charge in [0.1, 0.15) is 0 Å². The number of anilines is 2. The summed E-state index contributed by atoms with van der Waals surface area (Å²) in [5.41, 5.74) is 11.8. The van der Waals surface area contributed by atoms with Gasteiger partial charge in [0.25, 0.3) is 0 Å². The van der Waals surface area contributed by atoms with Crippen molar-refractivity contribution in [2.45, 2.75) is 6.92 Å². The Labute approximate surface area is 80.6 Å². The molecule has 0 bridgehead atoms. The van der Waals surface area contributed by atoms with Gasteiger partial charge in [-0.25, -0.2) is 4.79 Å². The Morgan fingerprint density at radius 1 is 1.14 bits per heavy atom. The molecule has 0 aliphatic carbocycles. The third kappa shape index (κ3) is 2.48. The van der Waals surface area contributed by atoms with Crippen molar-refractivity contribution in [2.24, 2.45) is 0 Å². The van der Waals surface area contributed by atoms with Gasteiger partial charge in [-0.05, 0) is 18.2 Å². The molecule has 14 heavy (non-hydrogen) atoms. The van der Waals surface area contributed by atoms with Crippen LogP contribution in [0.25, 0.3) is 0 Å². The maximum atomic E-state index is 11.2. The summed E-state index contributed by atoms with van der Waals surface area (Å²) in [6.07, 6.45) is 0. The number of ether oxygens (including phenoxy) is 1. The van der Waals surface area contributed by atoms with Crippen LogP contribution in [0.2, 0.25) is 0 Å². The predicted molar refractivity (Wildman–Crippen MR) is 51.4 cm³/mol. The lowest BCUT2D eigenvalue weighted by Gasteiger charge is -2.02. The SMILES string of the molecule is CC(=O)OC(=O)c1cc(N)cc(N)c1. The molecular weight excluding hydrogens is 184 g/mol. The number of carbonyl (C=O) groups is 2. The van der Waals surface area contributed by atoms with E-state index in [4.69, 9.17) is 11.5 Å². The molecular formula is C9H10N2O3. The third-order valence-corrected chi connectivity index (χ3v) is 1.45. The summed E-state index contributed by atoms with van der Waals surface area (Å²) < 4.78 is 4.36. The number of hydrogen-bond acceptors (Lipinski definition) is 5. The average molecular weight is 194 g/mol. The highest BCUT2D eigenvalue weighted by Gasteiger charge is 2.10. The van der Waals surface area contributed by atoms with E-state index in [-0.39, 0.29) is 5.56 Å². The largest absolute Gasteiger partial charge is 0.399 e. The molecule has 1 rings (SSSR count). The molecule has 0 spiro atoms. The van der Waals surface area contributed by atoms with E-state index in [1.54, 1.807) is 0 Å². The number of benzene rings is 1. The van der Waals surface area contributed by atoms with Crippen LogP contribution in [0.5, 0.6) is 0 Å². The lowest BCUT2D eigenvalue weighted by atomic mass is 10.2.